The molecule has 0 saturated carbocycles. The lowest BCUT2D eigenvalue weighted by atomic mass is 10.0. The average molecular weight is 449 g/mol. The molecule has 0 fully saturated rings. The molecule has 3 amide bonds. The van der Waals surface area contributed by atoms with Gasteiger partial charge in [0, 0.05) is 6.42 Å². The molecule has 0 aliphatic rings. The molecule has 172 valence electrons. The van der Waals surface area contributed by atoms with Crippen LogP contribution in [-0.2, 0) is 24.0 Å². The molecule has 0 aromatic heterocycles. The van der Waals surface area contributed by atoms with Gasteiger partial charge in [-0.15, -0.1) is 0 Å². The van der Waals surface area contributed by atoms with Crippen molar-refractivity contribution >= 4 is 41.4 Å². The minimum atomic E-state index is -1.28. The maximum absolute atomic E-state index is 12.5. The SMILES string of the molecule is CSCCC(N)C(=O)NC(C)C(=O)NC(CCC(=O)O)C(=O)NC(C(=O)O)C(C)C. The lowest BCUT2D eigenvalue weighted by Crippen LogP contribution is -2.57. The van der Waals surface area contributed by atoms with Crippen LogP contribution in [0.25, 0.3) is 0 Å². The highest BCUT2D eigenvalue weighted by Gasteiger charge is 2.30. The number of thioether (sulfide) groups is 1. The molecule has 12 heteroatoms. The highest BCUT2D eigenvalue weighted by Crippen LogP contribution is 2.05. The number of aliphatic carboxylic acids is 2. The van der Waals surface area contributed by atoms with Crippen molar-refractivity contribution in [3.8, 4) is 0 Å². The van der Waals surface area contributed by atoms with E-state index in [0.29, 0.717) is 12.2 Å². The summed E-state index contributed by atoms with van der Waals surface area (Å²) in [5.74, 6) is -4.24. The van der Waals surface area contributed by atoms with Crippen molar-refractivity contribution in [1.29, 1.82) is 0 Å². The summed E-state index contributed by atoms with van der Waals surface area (Å²) in [4.78, 5) is 59.1. The third-order valence-corrected chi connectivity index (χ3v) is 4.88. The number of carboxylic acid groups (broad SMARTS) is 2. The van der Waals surface area contributed by atoms with Crippen LogP contribution in [-0.4, -0.2) is 76.0 Å². The standard InChI is InChI=1S/C18H32N4O7S/c1-9(2)14(18(28)29)22-17(27)12(5-6-13(23)24)21-15(25)10(3)20-16(26)11(19)7-8-30-4/h9-12,14H,5-8,19H2,1-4H3,(H,20,26)(H,21,25)(H,22,27)(H,23,24)(H,28,29). The number of nitrogens with one attached hydrogen (secondary N) is 3. The number of carbonyl (C=O) groups excluding carboxylic acids is 3. The molecular formula is C18H32N4O7S. The van der Waals surface area contributed by atoms with Gasteiger partial charge < -0.3 is 31.9 Å². The molecule has 30 heavy (non-hydrogen) atoms. The van der Waals surface area contributed by atoms with Crippen LogP contribution in [0.5, 0.6) is 0 Å². The van der Waals surface area contributed by atoms with Crippen LogP contribution < -0.4 is 21.7 Å². The Morgan fingerprint density at radius 1 is 0.900 bits per heavy atom. The van der Waals surface area contributed by atoms with Gasteiger partial charge in [-0.05, 0) is 37.7 Å². The molecule has 0 rings (SSSR count). The van der Waals surface area contributed by atoms with Gasteiger partial charge in [0.05, 0.1) is 6.04 Å². The molecule has 0 aliphatic carbocycles. The second kappa shape index (κ2) is 13.8. The van der Waals surface area contributed by atoms with Crippen molar-refractivity contribution < 1.29 is 34.2 Å². The average Bonchev–Trinajstić information content (AvgIpc) is 2.65. The van der Waals surface area contributed by atoms with Crippen LogP contribution in [0.3, 0.4) is 0 Å². The predicted molar refractivity (Wildman–Crippen MR) is 112 cm³/mol. The molecule has 0 radical (unpaired) electrons. The Hall–Kier alpha value is -2.34. The van der Waals surface area contributed by atoms with Gasteiger partial charge in [0.2, 0.25) is 17.7 Å². The summed E-state index contributed by atoms with van der Waals surface area (Å²) in [6.07, 6.45) is 1.64. The molecule has 11 nitrogen and oxygen atoms in total. The summed E-state index contributed by atoms with van der Waals surface area (Å²) >= 11 is 1.53. The molecule has 0 aromatic carbocycles. The second-order valence-electron chi connectivity index (χ2n) is 7.18. The number of amides is 3. The number of hydrogen-bond donors (Lipinski definition) is 6. The van der Waals surface area contributed by atoms with E-state index >= 15 is 0 Å². The Morgan fingerprint density at radius 2 is 1.50 bits per heavy atom. The Morgan fingerprint density at radius 3 is 1.97 bits per heavy atom. The summed E-state index contributed by atoms with van der Waals surface area (Å²) in [7, 11) is 0. The molecule has 4 unspecified atom stereocenters. The van der Waals surface area contributed by atoms with Gasteiger partial charge in [-0.2, -0.15) is 11.8 Å². The smallest absolute Gasteiger partial charge is 0.326 e. The Balaban J connectivity index is 5.10. The van der Waals surface area contributed by atoms with E-state index in [1.54, 1.807) is 13.8 Å². The van der Waals surface area contributed by atoms with Gasteiger partial charge in [-0.25, -0.2) is 4.79 Å². The van der Waals surface area contributed by atoms with Crippen molar-refractivity contribution in [3.63, 3.8) is 0 Å². The van der Waals surface area contributed by atoms with Crippen LogP contribution in [0, 0.1) is 5.92 Å². The molecule has 0 spiro atoms. The highest BCUT2D eigenvalue weighted by molar-refractivity contribution is 7.98. The largest absolute Gasteiger partial charge is 0.481 e. The molecule has 0 heterocycles. The first-order valence-electron chi connectivity index (χ1n) is 9.50. The van der Waals surface area contributed by atoms with Gasteiger partial charge in [0.15, 0.2) is 0 Å². The van der Waals surface area contributed by atoms with Crippen molar-refractivity contribution in [1.82, 2.24) is 16.0 Å². The first-order chi connectivity index (χ1) is 13.9. The molecular weight excluding hydrogens is 416 g/mol. The first kappa shape index (κ1) is 27.7. The number of hydrogen-bond acceptors (Lipinski definition) is 7. The molecule has 0 aromatic rings. The van der Waals surface area contributed by atoms with Crippen LogP contribution in [0.15, 0.2) is 0 Å². The predicted octanol–water partition coefficient (Wildman–Crippen LogP) is -0.853. The zero-order valence-electron chi connectivity index (χ0n) is 17.6. The summed E-state index contributed by atoms with van der Waals surface area (Å²) in [6.45, 7) is 4.60. The van der Waals surface area contributed by atoms with Crippen molar-refractivity contribution in [2.75, 3.05) is 12.0 Å². The number of nitrogens with two attached hydrogens (primary N) is 1. The molecule has 7 N–H and O–H groups in total. The van der Waals surface area contributed by atoms with E-state index in [4.69, 9.17) is 10.8 Å². The zero-order valence-corrected chi connectivity index (χ0v) is 18.5. The third-order valence-electron chi connectivity index (χ3n) is 4.23. The lowest BCUT2D eigenvalue weighted by molar-refractivity contribution is -0.144. The fourth-order valence-corrected chi connectivity index (χ4v) is 2.85. The second-order valence-corrected chi connectivity index (χ2v) is 8.17. The summed E-state index contributed by atoms with van der Waals surface area (Å²) in [5, 5.41) is 25.2. The minimum absolute atomic E-state index is 0.245. The van der Waals surface area contributed by atoms with Crippen LogP contribution in [0.2, 0.25) is 0 Å². The highest BCUT2D eigenvalue weighted by atomic mass is 32.2. The fourth-order valence-electron chi connectivity index (χ4n) is 2.36. The third kappa shape index (κ3) is 10.4. The monoisotopic (exact) mass is 448 g/mol. The first-order valence-corrected chi connectivity index (χ1v) is 10.9. The molecule has 0 bridgehead atoms. The van der Waals surface area contributed by atoms with E-state index < -0.39 is 66.2 Å². The van der Waals surface area contributed by atoms with E-state index in [-0.39, 0.29) is 6.42 Å². The quantitative estimate of drug-likeness (QED) is 0.197. The number of carbonyl (C=O) groups is 5. The van der Waals surface area contributed by atoms with Crippen LogP contribution in [0.4, 0.5) is 0 Å². The van der Waals surface area contributed by atoms with Gasteiger partial charge in [0.1, 0.15) is 18.1 Å². The van der Waals surface area contributed by atoms with E-state index in [1.165, 1.54) is 18.7 Å². The number of carboxylic acids is 2. The number of rotatable bonds is 14. The van der Waals surface area contributed by atoms with E-state index in [0.717, 1.165) is 0 Å². The van der Waals surface area contributed by atoms with E-state index in [9.17, 15) is 29.1 Å². The molecule has 0 saturated heterocycles. The Labute approximate surface area is 179 Å². The van der Waals surface area contributed by atoms with E-state index in [2.05, 4.69) is 16.0 Å². The van der Waals surface area contributed by atoms with Crippen molar-refractivity contribution in [3.05, 3.63) is 0 Å². The molecule has 0 aliphatic heterocycles. The topological polar surface area (TPSA) is 188 Å². The minimum Gasteiger partial charge on any atom is -0.481 e. The normalized spacial score (nSPS) is 14.9. The van der Waals surface area contributed by atoms with Crippen molar-refractivity contribution in [2.45, 2.75) is 64.2 Å². The van der Waals surface area contributed by atoms with Gasteiger partial charge in [0.25, 0.3) is 0 Å². The summed E-state index contributed by atoms with van der Waals surface area (Å²) < 4.78 is 0. The zero-order chi connectivity index (χ0) is 23.4. The summed E-state index contributed by atoms with van der Waals surface area (Å²) in [5.41, 5.74) is 5.75. The molecule has 4 atom stereocenters. The lowest BCUT2D eigenvalue weighted by Gasteiger charge is -2.24. The fraction of sp³-hybridized carbons (Fsp3) is 0.722. The van der Waals surface area contributed by atoms with Gasteiger partial charge in [-0.1, -0.05) is 13.8 Å². The van der Waals surface area contributed by atoms with Gasteiger partial charge >= 0.3 is 11.9 Å². The van der Waals surface area contributed by atoms with Gasteiger partial charge in [-0.3, -0.25) is 19.2 Å². The maximum Gasteiger partial charge on any atom is 0.326 e. The van der Waals surface area contributed by atoms with Crippen molar-refractivity contribution in [2.24, 2.45) is 11.7 Å². The Bertz CT molecular complexity index is 630. The Kier molecular flexibility index (Phi) is 12.7. The maximum atomic E-state index is 12.5. The van der Waals surface area contributed by atoms with E-state index in [1.807, 2.05) is 6.26 Å². The van der Waals surface area contributed by atoms with Crippen LogP contribution in [0.1, 0.15) is 40.0 Å². The summed E-state index contributed by atoms with van der Waals surface area (Å²) in [6, 6.07) is -4.30. The van der Waals surface area contributed by atoms with Crippen LogP contribution >= 0.6 is 11.8 Å².